The molecule has 1 aliphatic heterocycles. The van der Waals surface area contributed by atoms with Crippen LogP contribution in [0, 0.1) is 5.92 Å². The van der Waals surface area contributed by atoms with E-state index >= 15 is 0 Å². The number of allylic oxidation sites excluding steroid dienone is 1. The first-order valence-corrected chi connectivity index (χ1v) is 8.56. The lowest BCUT2D eigenvalue weighted by atomic mass is 9.74. The molecular weight excluding hydrogens is 288 g/mol. The van der Waals surface area contributed by atoms with Gasteiger partial charge in [-0.15, -0.1) is 0 Å². The summed E-state index contributed by atoms with van der Waals surface area (Å²) in [6, 6.07) is 2.00. The van der Waals surface area contributed by atoms with Crippen molar-refractivity contribution >= 4 is 11.5 Å². The molecule has 0 bridgehead atoms. The minimum atomic E-state index is -0.312. The van der Waals surface area contributed by atoms with Crippen LogP contribution < -0.4 is 10.5 Å². The Hall–Kier alpha value is -2.10. The number of rotatable bonds is 2. The second-order valence-corrected chi connectivity index (χ2v) is 6.78. The Balaban J connectivity index is 1.93. The van der Waals surface area contributed by atoms with Gasteiger partial charge in [-0.25, -0.2) is 0 Å². The summed E-state index contributed by atoms with van der Waals surface area (Å²) in [6.45, 7) is 2.11. The topological polar surface area (TPSA) is 65.2 Å². The minimum absolute atomic E-state index is 0.0753. The van der Waals surface area contributed by atoms with Crippen LogP contribution in [0.1, 0.15) is 51.0 Å². The first-order chi connectivity index (χ1) is 11.2. The van der Waals surface area contributed by atoms with Crippen molar-refractivity contribution in [2.45, 2.75) is 51.0 Å². The molecule has 1 aromatic heterocycles. The SMILES string of the molecule is CCC1C(C(N)=O)=CC2=C1c1ccncc1OC21CCCCC1. The number of nitrogens with two attached hydrogens (primary N) is 1. The van der Waals surface area contributed by atoms with Crippen molar-refractivity contribution in [3.63, 3.8) is 0 Å². The zero-order valence-corrected chi connectivity index (χ0v) is 13.5. The highest BCUT2D eigenvalue weighted by Crippen LogP contribution is 2.54. The lowest BCUT2D eigenvalue weighted by Gasteiger charge is -2.43. The molecule has 4 heteroatoms. The summed E-state index contributed by atoms with van der Waals surface area (Å²) in [4.78, 5) is 16.2. The van der Waals surface area contributed by atoms with Gasteiger partial charge in [-0.1, -0.05) is 13.3 Å². The van der Waals surface area contributed by atoms with Gasteiger partial charge in [-0.05, 0) is 49.8 Å². The van der Waals surface area contributed by atoms with Crippen molar-refractivity contribution in [1.82, 2.24) is 4.98 Å². The summed E-state index contributed by atoms with van der Waals surface area (Å²) < 4.78 is 6.48. The third-order valence-corrected chi connectivity index (χ3v) is 5.54. The maximum atomic E-state index is 12.0. The highest BCUT2D eigenvalue weighted by Gasteiger charge is 2.47. The quantitative estimate of drug-likeness (QED) is 0.910. The largest absolute Gasteiger partial charge is 0.480 e. The van der Waals surface area contributed by atoms with Gasteiger partial charge in [0.25, 0.3) is 0 Å². The van der Waals surface area contributed by atoms with Crippen LogP contribution in [-0.4, -0.2) is 16.5 Å². The van der Waals surface area contributed by atoms with Gasteiger partial charge in [-0.2, -0.15) is 0 Å². The number of primary amides is 1. The molecule has 0 saturated heterocycles. The number of carbonyl (C=O) groups excluding carboxylic acids is 1. The van der Waals surface area contributed by atoms with E-state index in [2.05, 4.69) is 11.9 Å². The van der Waals surface area contributed by atoms with E-state index in [0.29, 0.717) is 0 Å². The molecule has 1 unspecified atom stereocenters. The van der Waals surface area contributed by atoms with Gasteiger partial charge >= 0.3 is 0 Å². The molecule has 1 saturated carbocycles. The van der Waals surface area contributed by atoms with Crippen LogP contribution in [0.5, 0.6) is 5.75 Å². The molecule has 1 fully saturated rings. The van der Waals surface area contributed by atoms with Crippen LogP contribution in [0.15, 0.2) is 35.7 Å². The van der Waals surface area contributed by atoms with Gasteiger partial charge in [-0.3, -0.25) is 9.78 Å². The Morgan fingerprint density at radius 1 is 1.39 bits per heavy atom. The predicted octanol–water partition coefficient (Wildman–Crippen LogP) is 3.38. The smallest absolute Gasteiger partial charge is 0.245 e. The minimum Gasteiger partial charge on any atom is -0.480 e. The van der Waals surface area contributed by atoms with E-state index in [1.807, 2.05) is 18.3 Å². The second kappa shape index (κ2) is 5.22. The average Bonchev–Trinajstić information content (AvgIpc) is 2.97. The summed E-state index contributed by atoms with van der Waals surface area (Å²) in [6.07, 6.45) is 12.1. The molecule has 3 aliphatic rings. The number of ether oxygens (including phenoxy) is 1. The monoisotopic (exact) mass is 310 g/mol. The Morgan fingerprint density at radius 3 is 2.87 bits per heavy atom. The van der Waals surface area contributed by atoms with Crippen molar-refractivity contribution in [1.29, 1.82) is 0 Å². The first-order valence-electron chi connectivity index (χ1n) is 8.56. The van der Waals surface area contributed by atoms with Crippen LogP contribution in [0.25, 0.3) is 5.57 Å². The van der Waals surface area contributed by atoms with Crippen molar-refractivity contribution in [3.05, 3.63) is 41.2 Å². The second-order valence-electron chi connectivity index (χ2n) is 6.78. The molecule has 1 amide bonds. The Kier molecular flexibility index (Phi) is 3.29. The summed E-state index contributed by atoms with van der Waals surface area (Å²) in [7, 11) is 0. The fourth-order valence-corrected chi connectivity index (χ4v) is 4.50. The Morgan fingerprint density at radius 2 is 2.17 bits per heavy atom. The number of hydrogen-bond acceptors (Lipinski definition) is 3. The molecule has 4 nitrogen and oxygen atoms in total. The zero-order valence-electron chi connectivity index (χ0n) is 13.5. The number of pyridine rings is 1. The normalized spacial score (nSPS) is 24.7. The lowest BCUT2D eigenvalue weighted by molar-refractivity contribution is -0.114. The summed E-state index contributed by atoms with van der Waals surface area (Å²) in [5.74, 6) is 0.616. The standard InChI is InChI=1S/C19H22N2O2/c1-2-12-14(18(20)22)10-15-17(12)13-6-9-21-11-16(13)23-19(15)7-4-3-5-8-19/h6,9-12H,2-5,7-8H2,1H3,(H2,20,22). The van der Waals surface area contributed by atoms with Crippen molar-refractivity contribution in [2.24, 2.45) is 11.7 Å². The van der Waals surface area contributed by atoms with Gasteiger partial charge in [0.05, 0.1) is 6.20 Å². The summed E-state index contributed by atoms with van der Waals surface area (Å²) >= 11 is 0. The number of aromatic nitrogens is 1. The molecule has 2 aliphatic carbocycles. The van der Waals surface area contributed by atoms with E-state index in [9.17, 15) is 4.79 Å². The van der Waals surface area contributed by atoms with Crippen molar-refractivity contribution in [3.8, 4) is 5.75 Å². The van der Waals surface area contributed by atoms with Crippen molar-refractivity contribution in [2.75, 3.05) is 0 Å². The van der Waals surface area contributed by atoms with Gasteiger partial charge < -0.3 is 10.5 Å². The molecule has 4 rings (SSSR count). The first kappa shape index (κ1) is 14.5. The van der Waals surface area contributed by atoms with E-state index in [1.54, 1.807) is 6.20 Å². The molecule has 0 aromatic carbocycles. The fraction of sp³-hybridized carbons (Fsp3) is 0.474. The molecule has 0 radical (unpaired) electrons. The van der Waals surface area contributed by atoms with E-state index in [0.717, 1.165) is 49.0 Å². The number of fused-ring (bicyclic) bond motifs is 3. The molecule has 120 valence electrons. The summed E-state index contributed by atoms with van der Waals surface area (Å²) in [5.41, 5.74) is 9.61. The molecule has 1 spiro atoms. The maximum absolute atomic E-state index is 12.0. The molecule has 23 heavy (non-hydrogen) atoms. The lowest BCUT2D eigenvalue weighted by Crippen LogP contribution is -2.42. The van der Waals surface area contributed by atoms with Gasteiger partial charge in [0.2, 0.25) is 5.91 Å². The highest BCUT2D eigenvalue weighted by molar-refractivity contribution is 6.01. The number of nitrogens with zero attached hydrogens (tertiary/aromatic N) is 1. The van der Waals surface area contributed by atoms with Crippen LogP contribution >= 0.6 is 0 Å². The zero-order chi connectivity index (χ0) is 16.0. The van der Waals surface area contributed by atoms with E-state index < -0.39 is 0 Å². The average molecular weight is 310 g/mol. The number of amides is 1. The molecule has 2 N–H and O–H groups in total. The highest BCUT2D eigenvalue weighted by atomic mass is 16.5. The predicted molar refractivity (Wildman–Crippen MR) is 88.7 cm³/mol. The summed E-state index contributed by atoms with van der Waals surface area (Å²) in [5, 5.41) is 0. The van der Waals surface area contributed by atoms with E-state index in [1.165, 1.54) is 17.6 Å². The van der Waals surface area contributed by atoms with Crippen LogP contribution in [0.3, 0.4) is 0 Å². The van der Waals surface area contributed by atoms with Gasteiger partial charge in [0, 0.05) is 28.8 Å². The van der Waals surface area contributed by atoms with Crippen LogP contribution in [0.4, 0.5) is 0 Å². The fourth-order valence-electron chi connectivity index (χ4n) is 4.50. The van der Waals surface area contributed by atoms with E-state index in [4.69, 9.17) is 10.5 Å². The third kappa shape index (κ3) is 2.04. The maximum Gasteiger partial charge on any atom is 0.245 e. The molecule has 1 atom stereocenters. The van der Waals surface area contributed by atoms with Crippen LogP contribution in [0.2, 0.25) is 0 Å². The van der Waals surface area contributed by atoms with Crippen molar-refractivity contribution < 1.29 is 9.53 Å². The van der Waals surface area contributed by atoms with Gasteiger partial charge in [0.15, 0.2) is 0 Å². The third-order valence-electron chi connectivity index (χ3n) is 5.54. The Labute approximate surface area is 136 Å². The Bertz CT molecular complexity index is 727. The van der Waals surface area contributed by atoms with E-state index in [-0.39, 0.29) is 17.4 Å². The molecule has 2 heterocycles. The van der Waals surface area contributed by atoms with Crippen LogP contribution in [-0.2, 0) is 4.79 Å². The number of carbonyl (C=O) groups is 1. The number of hydrogen-bond donors (Lipinski definition) is 1. The molecular formula is C19H22N2O2. The van der Waals surface area contributed by atoms with Gasteiger partial charge in [0.1, 0.15) is 11.4 Å². The molecule has 1 aromatic rings.